The van der Waals surface area contributed by atoms with Crippen LogP contribution in [0, 0.1) is 0 Å². The number of ether oxygens (including phenoxy) is 2. The number of nitrogens with two attached hydrogens (primary N) is 1. The van der Waals surface area contributed by atoms with E-state index >= 15 is 0 Å². The summed E-state index contributed by atoms with van der Waals surface area (Å²) < 4.78 is 12.2. The van der Waals surface area contributed by atoms with E-state index in [0.29, 0.717) is 43.9 Å². The van der Waals surface area contributed by atoms with Crippen LogP contribution in [0.3, 0.4) is 0 Å². The molecule has 2 aliphatic rings. The molecule has 0 radical (unpaired) electrons. The van der Waals surface area contributed by atoms with E-state index in [0.717, 1.165) is 12.8 Å². The average Bonchev–Trinajstić information content (AvgIpc) is 3.19. The number of aromatic amines is 1. The molecule has 2 aliphatic heterocycles. The quantitative estimate of drug-likeness (QED) is 0.149. The molecule has 0 aromatic carbocycles. The highest BCUT2D eigenvalue weighted by molar-refractivity contribution is 5.95. The fourth-order valence-electron chi connectivity index (χ4n) is 5.91. The molecule has 3 rings (SSSR count). The summed E-state index contributed by atoms with van der Waals surface area (Å²) in [5.74, 6) is 0.723. The molecule has 0 aliphatic carbocycles. The second-order valence-corrected chi connectivity index (χ2v) is 13.0. The molecular formula is C25H49N10O3+. The van der Waals surface area contributed by atoms with E-state index in [1.54, 1.807) is 12.1 Å². The van der Waals surface area contributed by atoms with Crippen LogP contribution in [0.15, 0.2) is 9.98 Å². The van der Waals surface area contributed by atoms with Crippen LogP contribution in [0.25, 0.3) is 0 Å². The number of rotatable bonds is 7. The van der Waals surface area contributed by atoms with Crippen LogP contribution in [0.1, 0.15) is 81.1 Å². The lowest BCUT2D eigenvalue weighted by Gasteiger charge is -2.47. The first-order chi connectivity index (χ1) is 17.5. The minimum absolute atomic E-state index is 0.0180. The number of nitrogens with one attached hydrogen (secondary N) is 4. The fraction of sp³-hybridized carbons (Fsp3) is 0.840. The summed E-state index contributed by atoms with van der Waals surface area (Å²) in [4.78, 5) is 12.9. The Bertz CT molecular complexity index is 967. The van der Waals surface area contributed by atoms with Gasteiger partial charge in [-0.2, -0.15) is 4.98 Å². The van der Waals surface area contributed by atoms with Crippen LogP contribution < -0.4 is 26.4 Å². The Balaban J connectivity index is 1.44. The molecule has 13 nitrogen and oxygen atoms in total. The maximum Gasteiger partial charge on any atom is 0.337 e. The van der Waals surface area contributed by atoms with Crippen molar-refractivity contribution in [2.24, 2.45) is 15.7 Å². The zero-order valence-electron chi connectivity index (χ0n) is 24.5. The number of hydrogen-bond acceptors (Lipinski definition) is 9. The smallest absolute Gasteiger partial charge is 0.337 e. The maximum absolute atomic E-state index is 8.42. The fourth-order valence-corrected chi connectivity index (χ4v) is 5.91. The van der Waals surface area contributed by atoms with Crippen LogP contribution in [0.5, 0.6) is 6.01 Å². The molecule has 0 amide bonds. The third-order valence-corrected chi connectivity index (χ3v) is 6.96. The van der Waals surface area contributed by atoms with Gasteiger partial charge >= 0.3 is 6.01 Å². The topological polar surface area (TPSA) is 173 Å². The molecule has 13 heteroatoms. The van der Waals surface area contributed by atoms with Gasteiger partial charge in [0.1, 0.15) is 12.2 Å². The Kier molecular flexibility index (Phi) is 8.84. The third-order valence-electron chi connectivity index (χ3n) is 6.96. The molecule has 0 spiro atoms. The number of H-pyrrole nitrogens is 1. The van der Waals surface area contributed by atoms with Crippen molar-refractivity contribution in [2.75, 3.05) is 25.5 Å². The average molecular weight is 538 g/mol. The number of guanidine groups is 1. The predicted molar refractivity (Wildman–Crippen MR) is 151 cm³/mol. The Labute approximate surface area is 226 Å². The minimum Gasteiger partial charge on any atom is -0.462 e. The Hall–Kier alpha value is -2.64. The van der Waals surface area contributed by atoms with Crippen LogP contribution >= 0.6 is 0 Å². The molecule has 0 saturated carbocycles. The number of piperidine rings is 2. The summed E-state index contributed by atoms with van der Waals surface area (Å²) in [5, 5.41) is 26.9. The van der Waals surface area contributed by atoms with Gasteiger partial charge in [0, 0.05) is 50.4 Å². The lowest BCUT2D eigenvalue weighted by Crippen LogP contribution is -2.61. The van der Waals surface area contributed by atoms with Crippen molar-refractivity contribution in [1.82, 2.24) is 30.9 Å². The van der Waals surface area contributed by atoms with Gasteiger partial charge in [-0.15, -0.1) is 5.10 Å². The van der Waals surface area contributed by atoms with E-state index in [1.165, 1.54) is 0 Å². The van der Waals surface area contributed by atoms with Crippen molar-refractivity contribution in [3.8, 4) is 6.01 Å². The molecule has 38 heavy (non-hydrogen) atoms. The van der Waals surface area contributed by atoms with Gasteiger partial charge < -0.3 is 31.0 Å². The first-order valence-electron chi connectivity index (χ1n) is 13.3. The molecular weight excluding hydrogens is 488 g/mol. The highest BCUT2D eigenvalue weighted by atomic mass is 16.5. The molecule has 0 unspecified atom stereocenters. The summed E-state index contributed by atoms with van der Waals surface area (Å²) in [6, 6.07) is 0.648. The van der Waals surface area contributed by atoms with Crippen LogP contribution in [0.4, 0.5) is 5.95 Å². The van der Waals surface area contributed by atoms with Crippen molar-refractivity contribution in [2.45, 2.75) is 115 Å². The molecule has 2 saturated heterocycles. The number of aromatic nitrogens is 3. The maximum atomic E-state index is 8.42. The lowest BCUT2D eigenvalue weighted by molar-refractivity contribution is -0.255. The number of hydrogen-bond donors (Lipinski definition) is 5. The van der Waals surface area contributed by atoms with Gasteiger partial charge in [0.15, 0.2) is 5.96 Å². The van der Waals surface area contributed by atoms with E-state index in [4.69, 9.17) is 20.4 Å². The van der Waals surface area contributed by atoms with Gasteiger partial charge in [-0.3, -0.25) is 10.3 Å². The molecule has 2 fully saturated rings. The Morgan fingerprint density at radius 1 is 1.05 bits per heavy atom. The molecule has 0 bridgehead atoms. The summed E-state index contributed by atoms with van der Waals surface area (Å²) in [6.07, 6.45) is 3.11. The third kappa shape index (κ3) is 8.18. The second-order valence-electron chi connectivity index (χ2n) is 13.0. The summed E-state index contributed by atoms with van der Waals surface area (Å²) >= 11 is 0. The van der Waals surface area contributed by atoms with Crippen molar-refractivity contribution >= 4 is 17.9 Å². The monoisotopic (exact) mass is 537 g/mol. The number of nitrogens with zero attached hydrogens (tertiary/aromatic N) is 5. The van der Waals surface area contributed by atoms with Gasteiger partial charge in [-0.25, -0.2) is 10.1 Å². The largest absolute Gasteiger partial charge is 0.462 e. The lowest BCUT2D eigenvalue weighted by atomic mass is 9.80. The number of aliphatic imine (C=N–C) groups is 2. The molecule has 1 aromatic rings. The predicted octanol–water partition coefficient (Wildman–Crippen LogP) is 1.47. The molecule has 216 valence electrons. The van der Waals surface area contributed by atoms with E-state index in [-0.39, 0.29) is 40.3 Å². The first kappa shape index (κ1) is 29.9. The van der Waals surface area contributed by atoms with E-state index < -0.39 is 0 Å². The summed E-state index contributed by atoms with van der Waals surface area (Å²) in [6.45, 7) is 17.8. The van der Waals surface area contributed by atoms with Gasteiger partial charge in [0.2, 0.25) is 5.95 Å². The highest BCUT2D eigenvalue weighted by Gasteiger charge is 2.49. The second kappa shape index (κ2) is 11.2. The normalized spacial score (nSPS) is 24.2. The standard InChI is InChI=1S/C25H48N10O3/c1-22(2)12-16(13-23(3,4)34-22)38-21-31-19(32-33-21)29-11-10-28-18(26)30-20(27-9)37-17-14-24(5,6)35(36)25(7,8)15-17/h16-17,34,36H,10-15H2,1-9H3,(H3,26,27,28,30)(H2,29,31,32,33)/p+1. The van der Waals surface area contributed by atoms with Crippen LogP contribution in [0.2, 0.25) is 0 Å². The Morgan fingerprint density at radius 3 is 2.24 bits per heavy atom. The van der Waals surface area contributed by atoms with Crippen molar-refractivity contribution in [3.05, 3.63) is 0 Å². The van der Waals surface area contributed by atoms with Crippen molar-refractivity contribution in [1.29, 1.82) is 0 Å². The minimum atomic E-state index is -0.316. The van der Waals surface area contributed by atoms with Crippen LogP contribution in [-0.2, 0) is 4.74 Å². The zero-order valence-corrected chi connectivity index (χ0v) is 24.5. The van der Waals surface area contributed by atoms with Crippen molar-refractivity contribution < 1.29 is 14.7 Å². The number of amidine groups is 1. The molecule has 8 N–H and O–H groups in total. The van der Waals surface area contributed by atoms with Gasteiger partial charge in [0.25, 0.3) is 6.02 Å². The SMILES string of the molecule is CN=C(NC(N)=NCCNc1nc(OC2CC(C)(C)NC(C)(C)C2)n[nH]1)OC1CC(C)(C)N([OH2+])C(C)(C)C1. The van der Waals surface area contributed by atoms with E-state index in [1.807, 2.05) is 0 Å². The number of hydroxylamine groups is 2. The van der Waals surface area contributed by atoms with Crippen LogP contribution in [-0.4, -0.2) is 91.9 Å². The van der Waals surface area contributed by atoms with Crippen molar-refractivity contribution in [3.63, 3.8) is 0 Å². The van der Waals surface area contributed by atoms with E-state index in [9.17, 15) is 0 Å². The van der Waals surface area contributed by atoms with Gasteiger partial charge in [-0.05, 0) is 55.4 Å². The van der Waals surface area contributed by atoms with Gasteiger partial charge in [-0.1, -0.05) is 5.06 Å². The Morgan fingerprint density at radius 2 is 1.66 bits per heavy atom. The summed E-state index contributed by atoms with van der Waals surface area (Å²) in [7, 11) is 1.64. The molecule has 1 aromatic heterocycles. The zero-order chi connectivity index (χ0) is 28.4. The summed E-state index contributed by atoms with van der Waals surface area (Å²) in [5.41, 5.74) is 5.40. The van der Waals surface area contributed by atoms with Gasteiger partial charge in [0.05, 0.1) is 17.6 Å². The highest BCUT2D eigenvalue weighted by Crippen LogP contribution is 2.38. The molecule has 0 atom stereocenters. The molecule has 3 heterocycles. The van der Waals surface area contributed by atoms with E-state index in [2.05, 4.69) is 96.5 Å². The first-order valence-corrected chi connectivity index (χ1v) is 13.3. The number of anilines is 1.